The van der Waals surface area contributed by atoms with Crippen LogP contribution < -0.4 is 5.32 Å². The predicted octanol–water partition coefficient (Wildman–Crippen LogP) is 1.06. The molecule has 0 fully saturated rings. The van der Waals surface area contributed by atoms with Crippen molar-refractivity contribution >= 4 is 10.0 Å². The molecule has 116 valence electrons. The molecule has 20 heavy (non-hydrogen) atoms. The van der Waals surface area contributed by atoms with Crippen molar-refractivity contribution in [3.8, 4) is 0 Å². The summed E-state index contributed by atoms with van der Waals surface area (Å²) in [6.07, 6.45) is 0. The van der Waals surface area contributed by atoms with Crippen LogP contribution in [-0.4, -0.2) is 48.9 Å². The first-order valence-corrected chi connectivity index (χ1v) is 8.49. The first-order chi connectivity index (χ1) is 9.20. The van der Waals surface area contributed by atoms with Gasteiger partial charge in [0.05, 0.1) is 11.4 Å². The predicted molar refractivity (Wildman–Crippen MR) is 81.3 cm³/mol. The summed E-state index contributed by atoms with van der Waals surface area (Å²) in [7, 11) is -0.0379. The van der Waals surface area contributed by atoms with Crippen molar-refractivity contribution in [1.82, 2.24) is 19.4 Å². The van der Waals surface area contributed by atoms with Gasteiger partial charge < -0.3 is 5.32 Å². The summed E-state index contributed by atoms with van der Waals surface area (Å²) in [6, 6.07) is 0.0904. The van der Waals surface area contributed by atoms with E-state index in [1.165, 1.54) is 4.31 Å². The lowest BCUT2D eigenvalue weighted by molar-refractivity contribution is 0.512. The summed E-state index contributed by atoms with van der Waals surface area (Å²) in [4.78, 5) is 0. The minimum absolute atomic E-state index is 0.0904. The van der Waals surface area contributed by atoms with Crippen molar-refractivity contribution in [1.29, 1.82) is 0 Å². The van der Waals surface area contributed by atoms with E-state index in [1.807, 2.05) is 25.5 Å². The Morgan fingerprint density at radius 1 is 1.35 bits per heavy atom. The normalized spacial score (nSPS) is 13.9. The standard InChI is InChI=1S/C13H26N4O2S/c1-7-17-12(4)13(11(3)15-17)10(2)14-8-9-20(18,19)16(5)6/h10,14H,7-9H2,1-6H3. The van der Waals surface area contributed by atoms with Crippen LogP contribution in [0.3, 0.4) is 0 Å². The SMILES string of the molecule is CCn1nc(C)c(C(C)NCCS(=O)(=O)N(C)C)c1C. The average Bonchev–Trinajstić information content (AvgIpc) is 2.63. The van der Waals surface area contributed by atoms with Gasteiger partial charge in [0, 0.05) is 44.5 Å². The first-order valence-electron chi connectivity index (χ1n) is 6.88. The first kappa shape index (κ1) is 17.1. The zero-order chi connectivity index (χ0) is 15.5. The molecule has 1 atom stereocenters. The Morgan fingerprint density at radius 3 is 2.40 bits per heavy atom. The largest absolute Gasteiger partial charge is 0.309 e. The molecule has 1 heterocycles. The average molecular weight is 302 g/mol. The van der Waals surface area contributed by atoms with Crippen LogP contribution in [-0.2, 0) is 16.6 Å². The summed E-state index contributed by atoms with van der Waals surface area (Å²) >= 11 is 0. The van der Waals surface area contributed by atoms with Crippen molar-refractivity contribution in [2.75, 3.05) is 26.4 Å². The molecule has 0 aliphatic rings. The minimum Gasteiger partial charge on any atom is -0.309 e. The van der Waals surface area contributed by atoms with E-state index >= 15 is 0 Å². The maximum absolute atomic E-state index is 11.7. The molecule has 0 saturated carbocycles. The highest BCUT2D eigenvalue weighted by molar-refractivity contribution is 7.89. The van der Waals surface area contributed by atoms with Crippen LogP contribution in [0.2, 0.25) is 0 Å². The molecule has 1 aromatic heterocycles. The van der Waals surface area contributed by atoms with Gasteiger partial charge in [-0.25, -0.2) is 12.7 Å². The Bertz CT molecular complexity index is 549. The lowest BCUT2D eigenvalue weighted by Gasteiger charge is -2.16. The number of nitrogens with one attached hydrogen (secondary N) is 1. The van der Waals surface area contributed by atoms with Crippen LogP contribution >= 0.6 is 0 Å². The number of aromatic nitrogens is 2. The van der Waals surface area contributed by atoms with Gasteiger partial charge >= 0.3 is 0 Å². The van der Waals surface area contributed by atoms with Gasteiger partial charge in [0.1, 0.15) is 0 Å². The Hall–Kier alpha value is -0.920. The lowest BCUT2D eigenvalue weighted by Crippen LogP contribution is -2.32. The lowest BCUT2D eigenvalue weighted by atomic mass is 10.1. The smallest absolute Gasteiger partial charge is 0.214 e. The van der Waals surface area contributed by atoms with Gasteiger partial charge in [-0.05, 0) is 27.7 Å². The molecule has 0 amide bonds. The van der Waals surface area contributed by atoms with E-state index in [-0.39, 0.29) is 11.8 Å². The van der Waals surface area contributed by atoms with Crippen LogP contribution in [0, 0.1) is 13.8 Å². The molecular weight excluding hydrogens is 276 g/mol. The second kappa shape index (κ2) is 6.69. The number of aryl methyl sites for hydroxylation is 2. The zero-order valence-corrected chi connectivity index (χ0v) is 14.1. The van der Waals surface area contributed by atoms with Crippen molar-refractivity contribution in [3.05, 3.63) is 17.0 Å². The Morgan fingerprint density at radius 2 is 1.95 bits per heavy atom. The molecule has 0 saturated heterocycles. The molecule has 0 bridgehead atoms. The Labute approximate surface area is 122 Å². The van der Waals surface area contributed by atoms with Crippen molar-refractivity contribution < 1.29 is 8.42 Å². The van der Waals surface area contributed by atoms with Gasteiger partial charge in [0.15, 0.2) is 0 Å². The van der Waals surface area contributed by atoms with Crippen molar-refractivity contribution in [2.24, 2.45) is 0 Å². The molecule has 0 spiro atoms. The van der Waals surface area contributed by atoms with Gasteiger partial charge in [-0.2, -0.15) is 5.10 Å². The van der Waals surface area contributed by atoms with E-state index in [0.717, 1.165) is 23.5 Å². The van der Waals surface area contributed by atoms with Crippen LogP contribution in [0.15, 0.2) is 0 Å². The zero-order valence-electron chi connectivity index (χ0n) is 13.3. The van der Waals surface area contributed by atoms with Gasteiger partial charge in [-0.3, -0.25) is 4.68 Å². The number of rotatable bonds is 7. The van der Waals surface area contributed by atoms with Crippen LogP contribution in [0.25, 0.3) is 0 Å². The van der Waals surface area contributed by atoms with E-state index in [2.05, 4.69) is 17.3 Å². The van der Waals surface area contributed by atoms with E-state index < -0.39 is 10.0 Å². The molecule has 1 aromatic rings. The van der Waals surface area contributed by atoms with Crippen LogP contribution in [0.4, 0.5) is 0 Å². The molecule has 6 nitrogen and oxygen atoms in total. The van der Waals surface area contributed by atoms with Crippen molar-refractivity contribution in [3.63, 3.8) is 0 Å². The molecular formula is C13H26N4O2S. The van der Waals surface area contributed by atoms with Gasteiger partial charge in [-0.1, -0.05) is 0 Å². The molecule has 7 heteroatoms. The van der Waals surface area contributed by atoms with E-state index in [1.54, 1.807) is 14.1 Å². The third-order valence-electron chi connectivity index (χ3n) is 3.54. The Balaban J connectivity index is 2.69. The monoisotopic (exact) mass is 302 g/mol. The molecule has 0 aliphatic carbocycles. The fourth-order valence-corrected chi connectivity index (χ4v) is 3.08. The summed E-state index contributed by atoms with van der Waals surface area (Å²) < 4.78 is 26.6. The highest BCUT2D eigenvalue weighted by Crippen LogP contribution is 2.21. The third-order valence-corrected chi connectivity index (χ3v) is 5.37. The highest BCUT2D eigenvalue weighted by Gasteiger charge is 2.18. The minimum atomic E-state index is -3.15. The summed E-state index contributed by atoms with van der Waals surface area (Å²) in [6.45, 7) is 9.41. The van der Waals surface area contributed by atoms with E-state index in [4.69, 9.17) is 0 Å². The number of hydrogen-bond donors (Lipinski definition) is 1. The van der Waals surface area contributed by atoms with Gasteiger partial charge in [0.2, 0.25) is 10.0 Å². The molecule has 0 aliphatic heterocycles. The van der Waals surface area contributed by atoms with Gasteiger partial charge in [0.25, 0.3) is 0 Å². The molecule has 0 aromatic carbocycles. The van der Waals surface area contributed by atoms with Crippen molar-refractivity contribution in [2.45, 2.75) is 40.3 Å². The quantitative estimate of drug-likeness (QED) is 0.818. The van der Waals surface area contributed by atoms with E-state index in [9.17, 15) is 8.42 Å². The van der Waals surface area contributed by atoms with Crippen LogP contribution in [0.1, 0.15) is 36.8 Å². The maximum atomic E-state index is 11.7. The second-order valence-corrected chi connectivity index (χ2v) is 7.48. The maximum Gasteiger partial charge on any atom is 0.214 e. The third kappa shape index (κ3) is 3.80. The molecule has 1 N–H and O–H groups in total. The van der Waals surface area contributed by atoms with Crippen LogP contribution in [0.5, 0.6) is 0 Å². The van der Waals surface area contributed by atoms with E-state index in [0.29, 0.717) is 6.54 Å². The fourth-order valence-electron chi connectivity index (χ4n) is 2.33. The van der Waals surface area contributed by atoms with Gasteiger partial charge in [-0.15, -0.1) is 0 Å². The molecule has 0 radical (unpaired) electrons. The fraction of sp³-hybridized carbons (Fsp3) is 0.769. The summed E-state index contributed by atoms with van der Waals surface area (Å²) in [5, 5.41) is 7.75. The highest BCUT2D eigenvalue weighted by atomic mass is 32.2. The summed E-state index contributed by atoms with van der Waals surface area (Å²) in [5.41, 5.74) is 3.30. The second-order valence-electron chi connectivity index (χ2n) is 5.17. The summed E-state index contributed by atoms with van der Waals surface area (Å²) in [5.74, 6) is 0.102. The molecule has 1 unspecified atom stereocenters. The topological polar surface area (TPSA) is 67.2 Å². The number of nitrogens with zero attached hydrogens (tertiary/aromatic N) is 3. The number of sulfonamides is 1. The Kier molecular flexibility index (Phi) is 5.73. The molecule has 1 rings (SSSR count). The number of hydrogen-bond acceptors (Lipinski definition) is 4.